The van der Waals surface area contributed by atoms with Gasteiger partial charge in [0.15, 0.2) is 5.82 Å². The molecule has 0 radical (unpaired) electrons. The topological polar surface area (TPSA) is 75.1 Å². The predicted octanol–water partition coefficient (Wildman–Crippen LogP) is 2.34. The second kappa shape index (κ2) is 5.09. The summed E-state index contributed by atoms with van der Waals surface area (Å²) in [5.74, 6) is -1.94. The van der Waals surface area contributed by atoms with Gasteiger partial charge in [0.25, 0.3) is 11.8 Å². The lowest BCUT2D eigenvalue weighted by atomic mass is 10.2. The number of nitrogens with one attached hydrogen (secondary N) is 1. The molecule has 1 amide bonds. The van der Waals surface area contributed by atoms with Crippen molar-refractivity contribution in [3.63, 3.8) is 0 Å². The van der Waals surface area contributed by atoms with Gasteiger partial charge in [-0.1, -0.05) is 12.1 Å². The van der Waals surface area contributed by atoms with Gasteiger partial charge in [0, 0.05) is 0 Å². The van der Waals surface area contributed by atoms with E-state index in [0.717, 1.165) is 0 Å². The fourth-order valence-corrected chi connectivity index (χ4v) is 1.54. The second-order valence-electron chi connectivity index (χ2n) is 3.30. The molecule has 2 N–H and O–H groups in total. The van der Waals surface area contributed by atoms with Gasteiger partial charge in [-0.05, 0) is 28.1 Å². The van der Waals surface area contributed by atoms with Gasteiger partial charge < -0.3 is 10.4 Å². The summed E-state index contributed by atoms with van der Waals surface area (Å²) in [6.45, 7) is 0. The molecule has 7 heteroatoms. The van der Waals surface area contributed by atoms with Crippen LogP contribution >= 0.6 is 15.9 Å². The van der Waals surface area contributed by atoms with E-state index in [9.17, 15) is 14.3 Å². The second-order valence-corrected chi connectivity index (χ2v) is 4.11. The van der Waals surface area contributed by atoms with Crippen molar-refractivity contribution in [2.45, 2.75) is 0 Å². The van der Waals surface area contributed by atoms with Gasteiger partial charge in [-0.3, -0.25) is 4.79 Å². The summed E-state index contributed by atoms with van der Waals surface area (Å²) in [6.07, 6.45) is 1.30. The van der Waals surface area contributed by atoms with Gasteiger partial charge in [-0.2, -0.15) is 0 Å². The highest BCUT2D eigenvalue weighted by molar-refractivity contribution is 9.10. The molecule has 1 aromatic heterocycles. The first-order chi connectivity index (χ1) is 8.58. The molecule has 1 aromatic carbocycles. The fraction of sp³-hybridized carbons (Fsp3) is 0. The molecule has 0 atom stereocenters. The van der Waals surface area contributed by atoms with E-state index >= 15 is 0 Å². The number of aromatic hydroxyl groups is 1. The van der Waals surface area contributed by atoms with Gasteiger partial charge >= 0.3 is 0 Å². The van der Waals surface area contributed by atoms with Gasteiger partial charge in [-0.15, -0.1) is 0 Å². The molecule has 0 saturated carbocycles. The van der Waals surface area contributed by atoms with Crippen molar-refractivity contribution in [1.29, 1.82) is 0 Å². The third-order valence-corrected chi connectivity index (χ3v) is 2.46. The van der Waals surface area contributed by atoms with Gasteiger partial charge in [0.2, 0.25) is 0 Å². The summed E-state index contributed by atoms with van der Waals surface area (Å²) in [5, 5.41) is 11.7. The van der Waals surface area contributed by atoms with E-state index in [2.05, 4.69) is 31.2 Å². The van der Waals surface area contributed by atoms with E-state index in [-0.39, 0.29) is 11.4 Å². The van der Waals surface area contributed by atoms with Crippen LogP contribution in [0.2, 0.25) is 0 Å². The Bertz CT molecular complexity index is 607. The molecule has 2 aromatic rings. The van der Waals surface area contributed by atoms with Crippen LogP contribution in [0, 0.1) is 5.82 Å². The van der Waals surface area contributed by atoms with E-state index in [1.54, 1.807) is 0 Å². The fourth-order valence-electron chi connectivity index (χ4n) is 1.27. The predicted molar refractivity (Wildman–Crippen MR) is 65.8 cm³/mol. The standard InChI is InChI=1S/C11H7BrFN3O2/c12-8-5-14-9(11(18)15-8)16-10(17)6-3-1-2-4-7(6)13/h1-5H,(H,15,18)(H,14,16,17). The molecule has 0 spiro atoms. The molecule has 5 nitrogen and oxygen atoms in total. The molecule has 0 unspecified atom stereocenters. The lowest BCUT2D eigenvalue weighted by Gasteiger charge is -2.06. The maximum absolute atomic E-state index is 13.3. The van der Waals surface area contributed by atoms with Crippen LogP contribution in [0.15, 0.2) is 35.1 Å². The monoisotopic (exact) mass is 311 g/mol. The first kappa shape index (κ1) is 12.4. The molecule has 0 aliphatic rings. The van der Waals surface area contributed by atoms with E-state index in [0.29, 0.717) is 4.60 Å². The van der Waals surface area contributed by atoms with Crippen LogP contribution in [0.5, 0.6) is 5.88 Å². The molecular formula is C11H7BrFN3O2. The number of nitrogens with zero attached hydrogens (tertiary/aromatic N) is 2. The van der Waals surface area contributed by atoms with Crippen LogP contribution in [0.3, 0.4) is 0 Å². The number of carbonyl (C=O) groups is 1. The Hall–Kier alpha value is -2.02. The van der Waals surface area contributed by atoms with Gasteiger partial charge in [-0.25, -0.2) is 14.4 Å². The van der Waals surface area contributed by atoms with Crippen LogP contribution in [0.25, 0.3) is 0 Å². The van der Waals surface area contributed by atoms with E-state index < -0.39 is 17.6 Å². The van der Waals surface area contributed by atoms with Crippen molar-refractivity contribution in [2.75, 3.05) is 5.32 Å². The molecule has 18 heavy (non-hydrogen) atoms. The quantitative estimate of drug-likeness (QED) is 0.892. The van der Waals surface area contributed by atoms with Crippen LogP contribution in [-0.4, -0.2) is 21.0 Å². The Morgan fingerprint density at radius 1 is 1.39 bits per heavy atom. The number of benzene rings is 1. The average Bonchev–Trinajstić information content (AvgIpc) is 2.33. The van der Waals surface area contributed by atoms with E-state index in [4.69, 9.17) is 0 Å². The minimum atomic E-state index is -0.708. The van der Waals surface area contributed by atoms with Gasteiger partial charge in [0.05, 0.1) is 11.8 Å². The van der Waals surface area contributed by atoms with Crippen LogP contribution < -0.4 is 5.32 Å². The van der Waals surface area contributed by atoms with Crippen LogP contribution in [0.1, 0.15) is 10.4 Å². The first-order valence-electron chi connectivity index (χ1n) is 4.85. The summed E-state index contributed by atoms with van der Waals surface area (Å²) < 4.78 is 13.7. The SMILES string of the molecule is O=C(Nc1ncc(Br)nc1O)c1ccccc1F. The highest BCUT2D eigenvalue weighted by atomic mass is 79.9. The highest BCUT2D eigenvalue weighted by Crippen LogP contribution is 2.20. The largest absolute Gasteiger partial charge is 0.491 e. The number of hydrogen-bond donors (Lipinski definition) is 2. The Kier molecular flexibility index (Phi) is 3.52. The van der Waals surface area contributed by atoms with Crippen molar-refractivity contribution < 1.29 is 14.3 Å². The number of carbonyl (C=O) groups excluding carboxylic acids is 1. The molecule has 0 aliphatic heterocycles. The number of aromatic nitrogens is 2. The van der Waals surface area contributed by atoms with Crippen molar-refractivity contribution in [3.05, 3.63) is 46.4 Å². The zero-order valence-corrected chi connectivity index (χ0v) is 10.5. The summed E-state index contributed by atoms with van der Waals surface area (Å²) in [6, 6.07) is 5.50. The van der Waals surface area contributed by atoms with Crippen molar-refractivity contribution >= 4 is 27.7 Å². The minimum absolute atomic E-state index is 0.133. The zero-order chi connectivity index (χ0) is 13.1. The Morgan fingerprint density at radius 2 is 2.11 bits per heavy atom. The number of anilines is 1. The van der Waals surface area contributed by atoms with E-state index in [1.807, 2.05) is 0 Å². The zero-order valence-electron chi connectivity index (χ0n) is 8.89. The number of rotatable bonds is 2. The van der Waals surface area contributed by atoms with E-state index in [1.165, 1.54) is 30.5 Å². The summed E-state index contributed by atoms with van der Waals surface area (Å²) in [5.41, 5.74) is -0.137. The first-order valence-corrected chi connectivity index (χ1v) is 5.64. The Labute approximate surface area is 110 Å². The van der Waals surface area contributed by atoms with Crippen LogP contribution in [0.4, 0.5) is 10.2 Å². The highest BCUT2D eigenvalue weighted by Gasteiger charge is 2.14. The average molecular weight is 312 g/mol. The number of halogens is 2. The maximum atomic E-state index is 13.3. The number of amides is 1. The molecule has 0 saturated heterocycles. The third kappa shape index (κ3) is 2.62. The van der Waals surface area contributed by atoms with Gasteiger partial charge in [0.1, 0.15) is 10.4 Å². The van der Waals surface area contributed by atoms with Crippen molar-refractivity contribution in [3.8, 4) is 5.88 Å². The summed E-state index contributed by atoms with van der Waals surface area (Å²) in [4.78, 5) is 19.1. The molecule has 0 aliphatic carbocycles. The molecule has 0 bridgehead atoms. The molecule has 1 heterocycles. The number of hydrogen-bond acceptors (Lipinski definition) is 4. The molecule has 92 valence electrons. The Balaban J connectivity index is 2.24. The normalized spacial score (nSPS) is 10.1. The molecule has 2 rings (SSSR count). The Morgan fingerprint density at radius 3 is 2.78 bits per heavy atom. The smallest absolute Gasteiger partial charge is 0.259 e. The lowest BCUT2D eigenvalue weighted by Crippen LogP contribution is -2.15. The molecular weight excluding hydrogens is 305 g/mol. The molecule has 0 fully saturated rings. The lowest BCUT2D eigenvalue weighted by molar-refractivity contribution is 0.102. The summed E-state index contributed by atoms with van der Waals surface area (Å²) >= 11 is 3.01. The minimum Gasteiger partial charge on any atom is -0.491 e. The maximum Gasteiger partial charge on any atom is 0.259 e. The van der Waals surface area contributed by atoms with Crippen LogP contribution in [-0.2, 0) is 0 Å². The summed E-state index contributed by atoms with van der Waals surface area (Å²) in [7, 11) is 0. The third-order valence-electron chi connectivity index (χ3n) is 2.08. The van der Waals surface area contributed by atoms with Crippen molar-refractivity contribution in [2.24, 2.45) is 0 Å². The van der Waals surface area contributed by atoms with Crippen molar-refractivity contribution in [1.82, 2.24) is 9.97 Å².